The standard InChI is InChI=1S/C25H34N2O4S/c1-5-23(20-11-13-24(31-4)19(3)16-20)26-25(28)22-17-21(12-10-18(22)2)32(29,30)27-14-8-6-7-9-15-27/h10-13,16-17,23H,5-9,14-15H2,1-4H3,(H,26,28)/t23-/m1/s1. The molecule has 2 aromatic rings. The minimum atomic E-state index is -3.62. The van der Waals surface area contributed by atoms with Gasteiger partial charge in [0, 0.05) is 18.7 Å². The number of hydrogen-bond donors (Lipinski definition) is 1. The first-order valence-electron chi connectivity index (χ1n) is 11.3. The lowest BCUT2D eigenvalue weighted by Crippen LogP contribution is -2.32. The van der Waals surface area contributed by atoms with Gasteiger partial charge in [-0.1, -0.05) is 38.0 Å². The van der Waals surface area contributed by atoms with Crippen molar-refractivity contribution in [3.8, 4) is 5.75 Å². The van der Waals surface area contributed by atoms with Gasteiger partial charge in [0.05, 0.1) is 18.0 Å². The molecule has 1 amide bonds. The third-order valence-electron chi connectivity index (χ3n) is 6.19. The van der Waals surface area contributed by atoms with E-state index in [2.05, 4.69) is 5.32 Å². The number of aryl methyl sites for hydroxylation is 2. The fourth-order valence-electron chi connectivity index (χ4n) is 4.21. The van der Waals surface area contributed by atoms with Crippen LogP contribution < -0.4 is 10.1 Å². The van der Waals surface area contributed by atoms with E-state index in [1.807, 2.05) is 39.0 Å². The van der Waals surface area contributed by atoms with Crippen molar-refractivity contribution >= 4 is 15.9 Å². The van der Waals surface area contributed by atoms with Crippen molar-refractivity contribution < 1.29 is 17.9 Å². The minimum absolute atomic E-state index is 0.183. The summed E-state index contributed by atoms with van der Waals surface area (Å²) in [5.41, 5.74) is 3.13. The minimum Gasteiger partial charge on any atom is -0.496 e. The second-order valence-electron chi connectivity index (χ2n) is 8.46. The molecule has 7 heteroatoms. The predicted molar refractivity (Wildman–Crippen MR) is 127 cm³/mol. The molecule has 174 valence electrons. The zero-order chi connectivity index (χ0) is 23.3. The fraction of sp³-hybridized carbons (Fsp3) is 0.480. The molecule has 1 aliphatic heterocycles. The fourth-order valence-corrected chi connectivity index (χ4v) is 5.76. The van der Waals surface area contributed by atoms with Crippen LogP contribution in [0.3, 0.4) is 0 Å². The maximum atomic E-state index is 13.2. The normalized spacial score (nSPS) is 16.2. The molecule has 32 heavy (non-hydrogen) atoms. The van der Waals surface area contributed by atoms with Gasteiger partial charge in [0.15, 0.2) is 0 Å². The summed E-state index contributed by atoms with van der Waals surface area (Å²) in [5.74, 6) is 0.535. The Hall–Kier alpha value is -2.38. The number of carbonyl (C=O) groups is 1. The van der Waals surface area contributed by atoms with Gasteiger partial charge < -0.3 is 10.1 Å². The Morgan fingerprint density at radius 1 is 1.03 bits per heavy atom. The van der Waals surface area contributed by atoms with E-state index in [1.165, 1.54) is 6.07 Å². The molecule has 0 radical (unpaired) electrons. The number of hydrogen-bond acceptors (Lipinski definition) is 4. The molecule has 0 saturated carbocycles. The number of benzene rings is 2. The number of amides is 1. The van der Waals surface area contributed by atoms with Gasteiger partial charge in [0.2, 0.25) is 10.0 Å². The number of carbonyl (C=O) groups excluding carboxylic acids is 1. The maximum Gasteiger partial charge on any atom is 0.252 e. The van der Waals surface area contributed by atoms with E-state index < -0.39 is 10.0 Å². The molecule has 6 nitrogen and oxygen atoms in total. The highest BCUT2D eigenvalue weighted by Crippen LogP contribution is 2.26. The lowest BCUT2D eigenvalue weighted by molar-refractivity contribution is 0.0934. The number of ether oxygens (including phenoxy) is 1. The van der Waals surface area contributed by atoms with Gasteiger partial charge in [0.1, 0.15) is 5.75 Å². The molecular formula is C25H34N2O4S. The van der Waals surface area contributed by atoms with Gasteiger partial charge in [-0.3, -0.25) is 4.79 Å². The van der Waals surface area contributed by atoms with Crippen molar-refractivity contribution in [3.63, 3.8) is 0 Å². The molecule has 1 saturated heterocycles. The van der Waals surface area contributed by atoms with Crippen molar-refractivity contribution in [1.29, 1.82) is 0 Å². The summed E-state index contributed by atoms with van der Waals surface area (Å²) in [5, 5.41) is 3.08. The van der Waals surface area contributed by atoms with Gasteiger partial charge in [0.25, 0.3) is 5.91 Å². The van der Waals surface area contributed by atoms with E-state index in [0.717, 1.165) is 48.1 Å². The highest BCUT2D eigenvalue weighted by Gasteiger charge is 2.27. The van der Waals surface area contributed by atoms with Crippen LogP contribution in [0.2, 0.25) is 0 Å². The zero-order valence-electron chi connectivity index (χ0n) is 19.5. The summed E-state index contributed by atoms with van der Waals surface area (Å²) in [6.07, 6.45) is 4.56. The number of sulfonamides is 1. The van der Waals surface area contributed by atoms with E-state index in [9.17, 15) is 13.2 Å². The Bertz CT molecular complexity index is 1060. The molecular weight excluding hydrogens is 424 g/mol. The van der Waals surface area contributed by atoms with Crippen molar-refractivity contribution in [1.82, 2.24) is 9.62 Å². The summed E-state index contributed by atoms with van der Waals surface area (Å²) in [6, 6.07) is 10.5. The van der Waals surface area contributed by atoms with E-state index >= 15 is 0 Å². The zero-order valence-corrected chi connectivity index (χ0v) is 20.3. The molecule has 3 rings (SSSR count). The molecule has 1 fully saturated rings. The molecule has 1 aliphatic rings. The number of rotatable bonds is 7. The third-order valence-corrected chi connectivity index (χ3v) is 8.09. The Labute approximate surface area is 192 Å². The van der Waals surface area contributed by atoms with Gasteiger partial charge in [-0.05, 0) is 68.0 Å². The number of nitrogens with zero attached hydrogens (tertiary/aromatic N) is 1. The average Bonchev–Trinajstić information content (AvgIpc) is 3.07. The molecule has 1 atom stereocenters. The first-order chi connectivity index (χ1) is 15.3. The van der Waals surface area contributed by atoms with Crippen molar-refractivity contribution in [2.24, 2.45) is 0 Å². The summed E-state index contributed by atoms with van der Waals surface area (Å²) in [7, 11) is -1.98. The molecule has 0 bridgehead atoms. The molecule has 0 aliphatic carbocycles. The lowest BCUT2D eigenvalue weighted by Gasteiger charge is -2.22. The van der Waals surface area contributed by atoms with E-state index in [4.69, 9.17) is 4.74 Å². The van der Waals surface area contributed by atoms with Gasteiger partial charge in [-0.15, -0.1) is 0 Å². The van der Waals surface area contributed by atoms with Gasteiger partial charge >= 0.3 is 0 Å². The number of nitrogens with one attached hydrogen (secondary N) is 1. The smallest absolute Gasteiger partial charge is 0.252 e. The first kappa shape index (κ1) is 24.3. The maximum absolute atomic E-state index is 13.2. The Morgan fingerprint density at radius 3 is 2.31 bits per heavy atom. The Balaban J connectivity index is 1.85. The second-order valence-corrected chi connectivity index (χ2v) is 10.4. The Morgan fingerprint density at radius 2 is 1.72 bits per heavy atom. The molecule has 0 spiro atoms. The van der Waals surface area contributed by atoms with Crippen LogP contribution in [0, 0.1) is 13.8 Å². The average molecular weight is 459 g/mol. The molecule has 1 heterocycles. The summed E-state index contributed by atoms with van der Waals surface area (Å²) in [6.45, 7) is 6.88. The van der Waals surface area contributed by atoms with Crippen LogP contribution in [0.15, 0.2) is 41.3 Å². The van der Waals surface area contributed by atoms with Crippen LogP contribution in [0.5, 0.6) is 5.75 Å². The van der Waals surface area contributed by atoms with Crippen LogP contribution in [0.25, 0.3) is 0 Å². The molecule has 1 N–H and O–H groups in total. The van der Waals surface area contributed by atoms with Crippen LogP contribution in [0.1, 0.15) is 72.1 Å². The third kappa shape index (κ3) is 5.33. The summed E-state index contributed by atoms with van der Waals surface area (Å²) >= 11 is 0. The first-order valence-corrected chi connectivity index (χ1v) is 12.8. The molecule has 2 aromatic carbocycles. The monoisotopic (exact) mass is 458 g/mol. The molecule has 0 unspecified atom stereocenters. The summed E-state index contributed by atoms with van der Waals surface area (Å²) in [4.78, 5) is 13.4. The Kier molecular flexibility index (Phi) is 7.96. The van der Waals surface area contributed by atoms with Crippen molar-refractivity contribution in [2.75, 3.05) is 20.2 Å². The van der Waals surface area contributed by atoms with Crippen LogP contribution >= 0.6 is 0 Å². The lowest BCUT2D eigenvalue weighted by atomic mass is 10.0. The topological polar surface area (TPSA) is 75.7 Å². The van der Waals surface area contributed by atoms with Gasteiger partial charge in [-0.25, -0.2) is 8.42 Å². The quantitative estimate of drug-likeness (QED) is 0.649. The largest absolute Gasteiger partial charge is 0.496 e. The summed E-state index contributed by atoms with van der Waals surface area (Å²) < 4.78 is 33.3. The predicted octanol–water partition coefficient (Wildman–Crippen LogP) is 4.76. The SMILES string of the molecule is CC[C@@H](NC(=O)c1cc(S(=O)(=O)N2CCCCCC2)ccc1C)c1ccc(OC)c(C)c1. The van der Waals surface area contributed by atoms with Crippen LogP contribution in [0.4, 0.5) is 0 Å². The highest BCUT2D eigenvalue weighted by atomic mass is 32.2. The van der Waals surface area contributed by atoms with Crippen LogP contribution in [-0.2, 0) is 10.0 Å². The van der Waals surface area contributed by atoms with Gasteiger partial charge in [-0.2, -0.15) is 4.31 Å². The van der Waals surface area contributed by atoms with E-state index in [1.54, 1.807) is 23.5 Å². The van der Waals surface area contributed by atoms with E-state index in [-0.39, 0.29) is 16.8 Å². The van der Waals surface area contributed by atoms with Crippen LogP contribution in [-0.4, -0.2) is 38.8 Å². The second kappa shape index (κ2) is 10.5. The van der Waals surface area contributed by atoms with Crippen molar-refractivity contribution in [2.45, 2.75) is 63.8 Å². The van der Waals surface area contributed by atoms with Crippen molar-refractivity contribution in [3.05, 3.63) is 58.7 Å². The number of methoxy groups -OCH3 is 1. The van der Waals surface area contributed by atoms with E-state index in [0.29, 0.717) is 25.1 Å². The molecule has 0 aromatic heterocycles. The highest BCUT2D eigenvalue weighted by molar-refractivity contribution is 7.89.